The summed E-state index contributed by atoms with van der Waals surface area (Å²) in [5.41, 5.74) is 0.992. The van der Waals surface area contributed by atoms with Crippen LogP contribution in [0.1, 0.15) is 12.5 Å². The average Bonchev–Trinajstić information content (AvgIpc) is 2.07. The highest BCUT2D eigenvalue weighted by Crippen LogP contribution is 2.28. The highest BCUT2D eigenvalue weighted by molar-refractivity contribution is 9.10. The molecule has 88 valence electrons. The van der Waals surface area contributed by atoms with E-state index >= 15 is 0 Å². The maximum absolute atomic E-state index is 11.2. The third-order valence-corrected chi connectivity index (χ3v) is 3.59. The van der Waals surface area contributed by atoms with Gasteiger partial charge in [-0.2, -0.15) is 0 Å². The fraction of sp³-hybridized carbons (Fsp3) is 0.222. The van der Waals surface area contributed by atoms with Gasteiger partial charge in [-0.25, -0.2) is 13.6 Å². The van der Waals surface area contributed by atoms with E-state index in [1.165, 1.54) is 13.0 Å². The highest BCUT2D eigenvalue weighted by Gasteiger charge is 2.14. The summed E-state index contributed by atoms with van der Waals surface area (Å²) in [4.78, 5) is 10.9. The zero-order chi connectivity index (χ0) is 12.5. The van der Waals surface area contributed by atoms with Gasteiger partial charge in [0.1, 0.15) is 0 Å². The summed E-state index contributed by atoms with van der Waals surface area (Å²) in [5, 5.41) is 7.61. The third kappa shape index (κ3) is 3.03. The van der Waals surface area contributed by atoms with Gasteiger partial charge in [0.05, 0.1) is 10.6 Å². The molecular formula is C9H11BrN2O3S. The van der Waals surface area contributed by atoms with Crippen LogP contribution >= 0.6 is 15.9 Å². The molecule has 1 aromatic carbocycles. The summed E-state index contributed by atoms with van der Waals surface area (Å²) >= 11 is 3.17. The minimum absolute atomic E-state index is 0.0356. The molecule has 0 atom stereocenters. The van der Waals surface area contributed by atoms with Gasteiger partial charge in [-0.05, 0) is 40.5 Å². The maximum Gasteiger partial charge on any atom is 0.238 e. The smallest absolute Gasteiger partial charge is 0.238 e. The predicted octanol–water partition coefficient (Wildman–Crippen LogP) is 1.36. The van der Waals surface area contributed by atoms with Gasteiger partial charge in [0, 0.05) is 11.4 Å². The summed E-state index contributed by atoms with van der Waals surface area (Å²) in [6.07, 6.45) is 0. The quantitative estimate of drug-likeness (QED) is 0.864. The van der Waals surface area contributed by atoms with Crippen molar-refractivity contribution in [2.45, 2.75) is 18.7 Å². The van der Waals surface area contributed by atoms with Crippen molar-refractivity contribution >= 4 is 37.5 Å². The predicted molar refractivity (Wildman–Crippen MR) is 64.6 cm³/mol. The Morgan fingerprint density at radius 2 is 2.00 bits per heavy atom. The normalized spacial score (nSPS) is 11.2. The number of primary sulfonamides is 1. The van der Waals surface area contributed by atoms with Crippen LogP contribution in [0.4, 0.5) is 5.69 Å². The standard InChI is InChI=1S/C9H11BrN2O3S/c1-5-3-8(12-6(2)13)7(10)4-9(5)16(11,14)15/h3-4H,1-2H3,(H,12,13)(H2,11,14,15). The van der Waals surface area contributed by atoms with E-state index in [0.29, 0.717) is 15.7 Å². The zero-order valence-corrected chi connectivity index (χ0v) is 11.1. The molecule has 7 heteroatoms. The summed E-state index contributed by atoms with van der Waals surface area (Å²) in [7, 11) is -3.74. The van der Waals surface area contributed by atoms with E-state index in [1.807, 2.05) is 0 Å². The first kappa shape index (κ1) is 13.1. The Kier molecular flexibility index (Phi) is 3.72. The average molecular weight is 307 g/mol. The van der Waals surface area contributed by atoms with Gasteiger partial charge in [0.25, 0.3) is 0 Å². The van der Waals surface area contributed by atoms with Gasteiger partial charge in [-0.3, -0.25) is 4.79 Å². The lowest BCUT2D eigenvalue weighted by molar-refractivity contribution is -0.114. The molecule has 0 heterocycles. The molecule has 0 saturated heterocycles. The number of anilines is 1. The van der Waals surface area contributed by atoms with Crippen LogP contribution in [0.25, 0.3) is 0 Å². The van der Waals surface area contributed by atoms with Gasteiger partial charge >= 0.3 is 0 Å². The van der Waals surface area contributed by atoms with Crippen molar-refractivity contribution in [3.05, 3.63) is 22.2 Å². The third-order valence-electron chi connectivity index (χ3n) is 1.88. The number of nitrogens with two attached hydrogens (primary N) is 1. The molecule has 0 unspecified atom stereocenters. The van der Waals surface area contributed by atoms with Crippen LogP contribution in [0.2, 0.25) is 0 Å². The van der Waals surface area contributed by atoms with E-state index in [4.69, 9.17) is 5.14 Å². The van der Waals surface area contributed by atoms with E-state index in [-0.39, 0.29) is 10.8 Å². The molecule has 3 N–H and O–H groups in total. The molecule has 0 radical (unpaired) electrons. The minimum Gasteiger partial charge on any atom is -0.325 e. The number of rotatable bonds is 2. The second kappa shape index (κ2) is 4.52. The minimum atomic E-state index is -3.74. The fourth-order valence-electron chi connectivity index (χ4n) is 1.26. The Morgan fingerprint density at radius 1 is 1.44 bits per heavy atom. The molecule has 16 heavy (non-hydrogen) atoms. The monoisotopic (exact) mass is 306 g/mol. The molecule has 0 saturated carbocycles. The number of carbonyl (C=O) groups excluding carboxylic acids is 1. The number of sulfonamides is 1. The van der Waals surface area contributed by atoms with Crippen molar-refractivity contribution in [2.75, 3.05) is 5.32 Å². The molecule has 1 amide bonds. The Hall–Kier alpha value is -0.920. The first-order valence-corrected chi connectivity index (χ1v) is 6.66. The lowest BCUT2D eigenvalue weighted by Gasteiger charge is -2.09. The number of aryl methyl sites for hydroxylation is 1. The first-order valence-electron chi connectivity index (χ1n) is 4.32. The number of halogens is 1. The largest absolute Gasteiger partial charge is 0.325 e. The van der Waals surface area contributed by atoms with Crippen LogP contribution < -0.4 is 10.5 Å². The first-order chi connectivity index (χ1) is 7.21. The van der Waals surface area contributed by atoms with Crippen molar-refractivity contribution in [1.82, 2.24) is 0 Å². The van der Waals surface area contributed by atoms with Crippen molar-refractivity contribution < 1.29 is 13.2 Å². The number of carbonyl (C=O) groups is 1. The van der Waals surface area contributed by atoms with Gasteiger partial charge < -0.3 is 5.32 Å². The number of amides is 1. The summed E-state index contributed by atoms with van der Waals surface area (Å²) in [6.45, 7) is 2.98. The molecule has 0 spiro atoms. The van der Waals surface area contributed by atoms with Crippen molar-refractivity contribution in [3.8, 4) is 0 Å². The highest BCUT2D eigenvalue weighted by atomic mass is 79.9. The Morgan fingerprint density at radius 3 is 2.44 bits per heavy atom. The van der Waals surface area contributed by atoms with E-state index in [1.54, 1.807) is 13.0 Å². The number of nitrogens with one attached hydrogen (secondary N) is 1. The van der Waals surface area contributed by atoms with Crippen molar-refractivity contribution in [2.24, 2.45) is 5.14 Å². The van der Waals surface area contributed by atoms with Crippen LogP contribution in [0.5, 0.6) is 0 Å². The summed E-state index contributed by atoms with van der Waals surface area (Å²) < 4.78 is 22.9. The van der Waals surface area contributed by atoms with Gasteiger partial charge in [-0.1, -0.05) is 0 Å². The van der Waals surface area contributed by atoms with E-state index in [2.05, 4.69) is 21.2 Å². The molecule has 0 aliphatic carbocycles. The molecule has 1 aromatic rings. The molecule has 5 nitrogen and oxygen atoms in total. The number of benzene rings is 1. The second-order valence-corrected chi connectivity index (χ2v) is 5.71. The molecule has 1 rings (SSSR count). The Balaban J connectivity index is 3.33. The summed E-state index contributed by atoms with van der Waals surface area (Å²) in [5.74, 6) is -0.233. The van der Waals surface area contributed by atoms with E-state index < -0.39 is 10.0 Å². The zero-order valence-electron chi connectivity index (χ0n) is 8.74. The van der Waals surface area contributed by atoms with E-state index in [9.17, 15) is 13.2 Å². The van der Waals surface area contributed by atoms with Gasteiger partial charge in [0.15, 0.2) is 0 Å². The Bertz CT molecular complexity index is 540. The molecular weight excluding hydrogens is 296 g/mol. The topological polar surface area (TPSA) is 89.3 Å². The van der Waals surface area contributed by atoms with Crippen molar-refractivity contribution in [3.63, 3.8) is 0 Å². The van der Waals surface area contributed by atoms with Crippen LogP contribution in [-0.2, 0) is 14.8 Å². The maximum atomic E-state index is 11.2. The number of hydrogen-bond acceptors (Lipinski definition) is 3. The molecule has 0 aliphatic rings. The molecule has 0 aliphatic heterocycles. The lowest BCUT2D eigenvalue weighted by Crippen LogP contribution is -2.14. The SMILES string of the molecule is CC(=O)Nc1cc(C)c(S(N)(=O)=O)cc1Br. The van der Waals surface area contributed by atoms with Crippen molar-refractivity contribution in [1.29, 1.82) is 0 Å². The summed E-state index contributed by atoms with van der Waals surface area (Å²) in [6, 6.07) is 2.92. The van der Waals surface area contributed by atoms with Crippen LogP contribution in [0, 0.1) is 6.92 Å². The van der Waals surface area contributed by atoms with Gasteiger partial charge in [0.2, 0.25) is 15.9 Å². The lowest BCUT2D eigenvalue weighted by atomic mass is 10.2. The molecule has 0 aromatic heterocycles. The second-order valence-electron chi connectivity index (χ2n) is 3.32. The Labute approximate surface area is 102 Å². The molecule has 0 bridgehead atoms. The van der Waals surface area contributed by atoms with Crippen LogP contribution in [0.15, 0.2) is 21.5 Å². The molecule has 0 fully saturated rings. The van der Waals surface area contributed by atoms with Crippen LogP contribution in [0.3, 0.4) is 0 Å². The van der Waals surface area contributed by atoms with Gasteiger partial charge in [-0.15, -0.1) is 0 Å². The van der Waals surface area contributed by atoms with E-state index in [0.717, 1.165) is 0 Å². The number of hydrogen-bond donors (Lipinski definition) is 2. The fourth-order valence-corrected chi connectivity index (χ4v) is 2.64. The van der Waals surface area contributed by atoms with Crippen LogP contribution in [-0.4, -0.2) is 14.3 Å².